The Kier molecular flexibility index (Phi) is 4.69. The van der Waals surface area contributed by atoms with Crippen LogP contribution in [-0.2, 0) is 6.54 Å². The van der Waals surface area contributed by atoms with Crippen LogP contribution in [0.2, 0.25) is 0 Å². The number of methoxy groups -OCH3 is 1. The second-order valence-corrected chi connectivity index (χ2v) is 5.20. The summed E-state index contributed by atoms with van der Waals surface area (Å²) in [4.78, 5) is 0. The molecule has 0 aliphatic heterocycles. The van der Waals surface area contributed by atoms with E-state index in [1.54, 1.807) is 7.11 Å². The van der Waals surface area contributed by atoms with E-state index >= 15 is 0 Å². The third-order valence-electron chi connectivity index (χ3n) is 3.41. The van der Waals surface area contributed by atoms with Crippen LogP contribution in [0.3, 0.4) is 0 Å². The summed E-state index contributed by atoms with van der Waals surface area (Å²) in [7, 11) is 1.69. The summed E-state index contributed by atoms with van der Waals surface area (Å²) in [6.45, 7) is 0.887. The number of halogens is 1. The molecule has 1 saturated carbocycles. The minimum atomic E-state index is 0.294. The van der Waals surface area contributed by atoms with Gasteiger partial charge in [0.2, 0.25) is 0 Å². The second-order valence-electron chi connectivity index (χ2n) is 4.64. The lowest BCUT2D eigenvalue weighted by atomic mass is 9.95. The van der Waals surface area contributed by atoms with Crippen LogP contribution >= 0.6 is 11.6 Å². The normalized spacial score (nSPS) is 24.6. The molecule has 0 aromatic heterocycles. The molecule has 0 bridgehead atoms. The number of hydrogen-bond donors (Lipinski definition) is 1. The highest BCUT2D eigenvalue weighted by Gasteiger charge is 2.22. The van der Waals surface area contributed by atoms with Gasteiger partial charge >= 0.3 is 0 Å². The van der Waals surface area contributed by atoms with Crippen molar-refractivity contribution in [3.8, 4) is 5.75 Å². The zero-order chi connectivity index (χ0) is 12.1. The first-order chi connectivity index (χ1) is 8.29. The van der Waals surface area contributed by atoms with Crippen LogP contribution in [0.1, 0.15) is 31.2 Å². The van der Waals surface area contributed by atoms with E-state index in [0.717, 1.165) is 18.7 Å². The van der Waals surface area contributed by atoms with Crippen molar-refractivity contribution >= 4 is 11.6 Å². The minimum Gasteiger partial charge on any atom is -0.497 e. The van der Waals surface area contributed by atoms with Gasteiger partial charge in [-0.15, -0.1) is 11.6 Å². The van der Waals surface area contributed by atoms with Gasteiger partial charge in [-0.1, -0.05) is 25.0 Å². The molecule has 2 rings (SSSR count). The van der Waals surface area contributed by atoms with Gasteiger partial charge in [0.1, 0.15) is 5.75 Å². The van der Waals surface area contributed by atoms with E-state index in [-0.39, 0.29) is 0 Å². The maximum Gasteiger partial charge on any atom is 0.118 e. The Labute approximate surface area is 108 Å². The van der Waals surface area contributed by atoms with E-state index < -0.39 is 0 Å². The van der Waals surface area contributed by atoms with Gasteiger partial charge < -0.3 is 10.1 Å². The van der Waals surface area contributed by atoms with Crippen molar-refractivity contribution in [3.63, 3.8) is 0 Å². The second kappa shape index (κ2) is 6.27. The molecule has 1 aromatic rings. The standard InChI is InChI=1S/C14H20ClNO/c1-17-12-8-6-11(7-9-12)10-16-14-5-3-2-4-13(14)15/h6-9,13-14,16H,2-5,10H2,1H3. The molecule has 17 heavy (non-hydrogen) atoms. The Bertz CT molecular complexity index is 339. The van der Waals surface area contributed by atoms with Crippen molar-refractivity contribution in [2.24, 2.45) is 0 Å². The molecule has 0 heterocycles. The first kappa shape index (κ1) is 12.7. The maximum atomic E-state index is 6.31. The molecule has 1 aromatic carbocycles. The predicted octanol–water partition coefficient (Wildman–Crippen LogP) is 3.33. The van der Waals surface area contributed by atoms with E-state index in [4.69, 9.17) is 16.3 Å². The zero-order valence-corrected chi connectivity index (χ0v) is 11.0. The minimum absolute atomic E-state index is 0.294. The summed E-state index contributed by atoms with van der Waals surface area (Å²) in [5, 5.41) is 3.85. The van der Waals surface area contributed by atoms with Gasteiger partial charge in [0, 0.05) is 18.0 Å². The van der Waals surface area contributed by atoms with Crippen molar-refractivity contribution < 1.29 is 4.74 Å². The lowest BCUT2D eigenvalue weighted by molar-refractivity contribution is 0.378. The van der Waals surface area contributed by atoms with Gasteiger partial charge in [0.15, 0.2) is 0 Å². The Morgan fingerprint density at radius 1 is 1.24 bits per heavy atom. The zero-order valence-electron chi connectivity index (χ0n) is 10.3. The third-order valence-corrected chi connectivity index (χ3v) is 3.93. The molecule has 1 aliphatic rings. The van der Waals surface area contributed by atoms with Gasteiger partial charge in [0.05, 0.1) is 7.11 Å². The Morgan fingerprint density at radius 3 is 2.59 bits per heavy atom. The molecule has 0 spiro atoms. The SMILES string of the molecule is COc1ccc(CNC2CCCCC2Cl)cc1. The number of nitrogens with one attached hydrogen (secondary N) is 1. The highest BCUT2D eigenvalue weighted by molar-refractivity contribution is 6.21. The summed E-state index contributed by atoms with van der Waals surface area (Å²) >= 11 is 6.31. The average Bonchev–Trinajstić information content (AvgIpc) is 2.38. The Hall–Kier alpha value is -0.730. The summed E-state index contributed by atoms with van der Waals surface area (Å²) in [5.74, 6) is 0.904. The lowest BCUT2D eigenvalue weighted by Gasteiger charge is -2.28. The lowest BCUT2D eigenvalue weighted by Crippen LogP contribution is -2.38. The Morgan fingerprint density at radius 2 is 1.94 bits per heavy atom. The highest BCUT2D eigenvalue weighted by atomic mass is 35.5. The first-order valence-corrected chi connectivity index (χ1v) is 6.73. The van der Waals surface area contributed by atoms with Crippen molar-refractivity contribution in [3.05, 3.63) is 29.8 Å². The number of benzene rings is 1. The highest BCUT2D eigenvalue weighted by Crippen LogP contribution is 2.23. The van der Waals surface area contributed by atoms with Crippen molar-refractivity contribution in [1.29, 1.82) is 0 Å². The number of ether oxygens (including phenoxy) is 1. The van der Waals surface area contributed by atoms with E-state index in [9.17, 15) is 0 Å². The molecule has 1 aliphatic carbocycles. The molecule has 1 fully saturated rings. The fourth-order valence-electron chi connectivity index (χ4n) is 2.31. The summed E-state index contributed by atoms with van der Waals surface area (Å²) < 4.78 is 5.14. The van der Waals surface area contributed by atoms with Crippen LogP contribution in [-0.4, -0.2) is 18.5 Å². The molecular weight excluding hydrogens is 234 g/mol. The fourth-order valence-corrected chi connectivity index (χ4v) is 2.68. The Balaban J connectivity index is 1.84. The molecule has 0 radical (unpaired) electrons. The van der Waals surface area contributed by atoms with Gasteiger partial charge in [-0.3, -0.25) is 0 Å². The van der Waals surface area contributed by atoms with Crippen LogP contribution in [0.4, 0.5) is 0 Å². The van der Waals surface area contributed by atoms with Crippen molar-refractivity contribution in [2.75, 3.05) is 7.11 Å². The van der Waals surface area contributed by atoms with Gasteiger partial charge in [-0.25, -0.2) is 0 Å². The van der Waals surface area contributed by atoms with Gasteiger partial charge in [0.25, 0.3) is 0 Å². The van der Waals surface area contributed by atoms with Crippen LogP contribution < -0.4 is 10.1 Å². The predicted molar refractivity (Wildman–Crippen MR) is 71.7 cm³/mol. The molecule has 94 valence electrons. The topological polar surface area (TPSA) is 21.3 Å². The molecule has 1 N–H and O–H groups in total. The summed E-state index contributed by atoms with van der Waals surface area (Å²) in [6.07, 6.45) is 4.91. The van der Waals surface area contributed by atoms with Gasteiger partial charge in [-0.05, 0) is 30.5 Å². The van der Waals surface area contributed by atoms with Crippen LogP contribution in [0.5, 0.6) is 5.75 Å². The largest absolute Gasteiger partial charge is 0.497 e. The van der Waals surface area contributed by atoms with Gasteiger partial charge in [-0.2, -0.15) is 0 Å². The van der Waals surface area contributed by atoms with E-state index in [1.165, 1.54) is 24.8 Å². The summed E-state index contributed by atoms with van der Waals surface area (Å²) in [6, 6.07) is 8.65. The molecule has 0 saturated heterocycles. The number of hydrogen-bond acceptors (Lipinski definition) is 2. The number of alkyl halides is 1. The van der Waals surface area contributed by atoms with E-state index in [1.807, 2.05) is 12.1 Å². The molecule has 3 heteroatoms. The first-order valence-electron chi connectivity index (χ1n) is 6.30. The monoisotopic (exact) mass is 253 g/mol. The van der Waals surface area contributed by atoms with E-state index in [0.29, 0.717) is 11.4 Å². The van der Waals surface area contributed by atoms with Crippen molar-refractivity contribution in [2.45, 2.75) is 43.6 Å². The van der Waals surface area contributed by atoms with Crippen molar-refractivity contribution in [1.82, 2.24) is 5.32 Å². The average molecular weight is 254 g/mol. The fraction of sp³-hybridized carbons (Fsp3) is 0.571. The molecule has 0 amide bonds. The van der Waals surface area contributed by atoms with Crippen LogP contribution in [0.15, 0.2) is 24.3 Å². The molecular formula is C14H20ClNO. The quantitative estimate of drug-likeness (QED) is 0.831. The van der Waals surface area contributed by atoms with Crippen LogP contribution in [0.25, 0.3) is 0 Å². The van der Waals surface area contributed by atoms with Crippen LogP contribution in [0, 0.1) is 0 Å². The smallest absolute Gasteiger partial charge is 0.118 e. The molecule has 2 nitrogen and oxygen atoms in total. The molecule has 2 unspecified atom stereocenters. The third kappa shape index (κ3) is 3.62. The maximum absolute atomic E-state index is 6.31. The molecule has 2 atom stereocenters. The number of rotatable bonds is 4. The van der Waals surface area contributed by atoms with E-state index in [2.05, 4.69) is 17.4 Å². The summed E-state index contributed by atoms with van der Waals surface area (Å²) in [5.41, 5.74) is 1.28.